The van der Waals surface area contributed by atoms with Gasteiger partial charge in [0, 0.05) is 12.6 Å². The topological polar surface area (TPSA) is 275 Å². The van der Waals surface area contributed by atoms with Crippen LogP contribution in [0.1, 0.15) is 12.6 Å². The minimum absolute atomic E-state index is 0.0225. The summed E-state index contributed by atoms with van der Waals surface area (Å²) in [5.41, 5.74) is 4.52. The van der Waals surface area contributed by atoms with Crippen LogP contribution in [0.15, 0.2) is 17.1 Å². The second-order valence-electron chi connectivity index (χ2n) is 6.59. The smallest absolute Gasteiger partial charge is 0.394 e. The number of anilines is 1. The molecule has 1 aromatic heterocycles. The van der Waals surface area contributed by atoms with Crippen molar-refractivity contribution >= 4 is 19.9 Å². The van der Waals surface area contributed by atoms with Crippen molar-refractivity contribution in [3.8, 4) is 0 Å². The van der Waals surface area contributed by atoms with Crippen LogP contribution in [0.5, 0.6) is 0 Å². The Balaban J connectivity index is 0.000000396. The molecule has 2 rings (SSSR count). The molecule has 0 bridgehead atoms. The van der Waals surface area contributed by atoms with Gasteiger partial charge in [0.1, 0.15) is 42.6 Å². The van der Waals surface area contributed by atoms with Gasteiger partial charge in [-0.1, -0.05) is 0 Å². The van der Waals surface area contributed by atoms with E-state index in [-0.39, 0.29) is 12.2 Å². The summed E-state index contributed by atoms with van der Waals surface area (Å²) in [4.78, 5) is 42.1. The largest absolute Gasteiger partial charge is 0.469 e. The van der Waals surface area contributed by atoms with Gasteiger partial charge in [0.15, 0.2) is 6.23 Å². The molecule has 7 atom stereocenters. The van der Waals surface area contributed by atoms with Gasteiger partial charge in [-0.3, -0.25) is 9.09 Å². The highest BCUT2D eigenvalue weighted by molar-refractivity contribution is 7.46. The van der Waals surface area contributed by atoms with Gasteiger partial charge in [0.25, 0.3) is 0 Å². The number of carbonyl (C=O) groups excluding carboxylic acids is 1. The van der Waals surface area contributed by atoms with Crippen LogP contribution in [-0.4, -0.2) is 106 Å². The van der Waals surface area contributed by atoms with Crippen molar-refractivity contribution in [1.29, 1.82) is 0 Å². The van der Waals surface area contributed by atoms with E-state index in [0.29, 0.717) is 6.29 Å². The number of rotatable bonds is 9. The second-order valence-corrected chi connectivity index (χ2v) is 7.82. The van der Waals surface area contributed by atoms with Gasteiger partial charge in [0.2, 0.25) is 0 Å². The van der Waals surface area contributed by atoms with E-state index in [4.69, 9.17) is 40.7 Å². The van der Waals surface area contributed by atoms with Crippen LogP contribution < -0.4 is 11.4 Å². The SMILES string of the molecule is Nc1ccn([C@@H]2O[C@H](COP(=O)(O)O)[C@@H](O)[C@H]2O)c(=O)n1.O=CCC(O)C(O)C(O)CO. The molecule has 1 aliphatic heterocycles. The molecule has 3 unspecified atom stereocenters. The van der Waals surface area contributed by atoms with Crippen LogP contribution in [-0.2, 0) is 18.6 Å². The Labute approximate surface area is 180 Å². The van der Waals surface area contributed by atoms with Crippen molar-refractivity contribution in [1.82, 2.24) is 9.55 Å². The first-order valence-corrected chi connectivity index (χ1v) is 10.5. The van der Waals surface area contributed by atoms with Crippen LogP contribution in [0.3, 0.4) is 0 Å². The summed E-state index contributed by atoms with van der Waals surface area (Å²) in [6, 6.07) is 1.29. The lowest BCUT2D eigenvalue weighted by Gasteiger charge is -2.19. The van der Waals surface area contributed by atoms with Gasteiger partial charge >= 0.3 is 13.5 Å². The number of aromatic nitrogens is 2. The van der Waals surface area contributed by atoms with E-state index in [2.05, 4.69) is 9.51 Å². The van der Waals surface area contributed by atoms with E-state index in [1.807, 2.05) is 0 Å². The fraction of sp³-hybridized carbons (Fsp3) is 0.667. The van der Waals surface area contributed by atoms with Crippen LogP contribution in [0.4, 0.5) is 5.82 Å². The Morgan fingerprint density at radius 1 is 1.25 bits per heavy atom. The highest BCUT2D eigenvalue weighted by atomic mass is 31.2. The zero-order valence-corrected chi connectivity index (χ0v) is 17.3. The van der Waals surface area contributed by atoms with Crippen molar-refractivity contribution in [2.24, 2.45) is 0 Å². The van der Waals surface area contributed by atoms with Crippen LogP contribution in [0.25, 0.3) is 0 Å². The van der Waals surface area contributed by atoms with Crippen molar-refractivity contribution in [2.45, 2.75) is 49.3 Å². The number of carbonyl (C=O) groups is 1. The summed E-state index contributed by atoms with van der Waals surface area (Å²) in [5, 5.41) is 54.4. The monoisotopic (exact) mass is 487 g/mol. The van der Waals surface area contributed by atoms with Crippen LogP contribution in [0.2, 0.25) is 0 Å². The summed E-state index contributed by atoms with van der Waals surface area (Å²) in [6.07, 6.45) is -8.27. The van der Waals surface area contributed by atoms with Crippen LogP contribution >= 0.6 is 7.82 Å². The minimum atomic E-state index is -4.74. The number of aldehydes is 1. The fourth-order valence-corrected chi connectivity index (χ4v) is 2.83. The average molecular weight is 487 g/mol. The summed E-state index contributed by atoms with van der Waals surface area (Å²) in [5.74, 6) is -0.0225. The molecule has 0 aromatic carbocycles. The zero-order chi connectivity index (χ0) is 24.6. The van der Waals surface area contributed by atoms with E-state index in [9.17, 15) is 24.4 Å². The molecule has 1 aliphatic rings. The lowest BCUT2D eigenvalue weighted by molar-refractivity contribution is -0.115. The Morgan fingerprint density at radius 2 is 1.88 bits per heavy atom. The first-order chi connectivity index (χ1) is 14.8. The Bertz CT molecular complexity index is 833. The molecule has 0 amide bonds. The number of nitrogen functional groups attached to an aromatic ring is 1. The Hall–Kier alpha value is -1.82. The third-order valence-electron chi connectivity index (χ3n) is 4.18. The van der Waals surface area contributed by atoms with Gasteiger partial charge in [-0.25, -0.2) is 9.36 Å². The zero-order valence-electron chi connectivity index (χ0n) is 16.4. The summed E-state index contributed by atoms with van der Waals surface area (Å²) < 4.78 is 20.9. The molecular weight excluding hydrogens is 461 g/mol. The fourth-order valence-electron chi connectivity index (χ4n) is 2.49. The highest BCUT2D eigenvalue weighted by Crippen LogP contribution is 2.38. The maximum absolute atomic E-state index is 11.6. The molecule has 0 radical (unpaired) electrons. The molecule has 10 N–H and O–H groups in total. The van der Waals surface area contributed by atoms with E-state index >= 15 is 0 Å². The number of ether oxygens (including phenoxy) is 1. The first-order valence-electron chi connectivity index (χ1n) is 8.97. The van der Waals surface area contributed by atoms with Crippen molar-refractivity contribution in [3.63, 3.8) is 0 Å². The molecule has 0 aliphatic carbocycles. The number of phosphoric acid groups is 1. The molecule has 0 spiro atoms. The van der Waals surface area contributed by atoms with E-state index < -0.39 is 69.6 Å². The molecular formula is C15H26N3O13P. The molecule has 1 aromatic rings. The third kappa shape index (κ3) is 8.27. The Morgan fingerprint density at radius 3 is 2.38 bits per heavy atom. The number of nitrogens with zero attached hydrogens (tertiary/aromatic N) is 2. The number of nitrogens with two attached hydrogens (primary N) is 1. The van der Waals surface area contributed by atoms with Crippen molar-refractivity contribution < 1.29 is 59.0 Å². The first kappa shape index (κ1) is 28.2. The minimum Gasteiger partial charge on any atom is -0.394 e. The number of aliphatic hydroxyl groups excluding tert-OH is 6. The molecule has 2 heterocycles. The van der Waals surface area contributed by atoms with Gasteiger partial charge in [-0.15, -0.1) is 0 Å². The van der Waals surface area contributed by atoms with Crippen molar-refractivity contribution in [2.75, 3.05) is 18.9 Å². The molecule has 1 fully saturated rings. The lowest BCUT2D eigenvalue weighted by Crippen LogP contribution is -2.39. The number of phosphoric ester groups is 1. The number of aliphatic hydroxyl groups is 6. The highest BCUT2D eigenvalue weighted by Gasteiger charge is 2.45. The van der Waals surface area contributed by atoms with E-state index in [0.717, 1.165) is 4.57 Å². The predicted octanol–water partition coefficient (Wildman–Crippen LogP) is -4.80. The Kier molecular flexibility index (Phi) is 11.0. The predicted molar refractivity (Wildman–Crippen MR) is 103 cm³/mol. The molecule has 1 saturated heterocycles. The third-order valence-corrected chi connectivity index (χ3v) is 4.67. The summed E-state index contributed by atoms with van der Waals surface area (Å²) >= 11 is 0. The molecule has 16 nitrogen and oxygen atoms in total. The van der Waals surface area contributed by atoms with Gasteiger partial charge in [0.05, 0.1) is 19.3 Å². The molecule has 184 valence electrons. The van der Waals surface area contributed by atoms with E-state index in [1.165, 1.54) is 12.3 Å². The summed E-state index contributed by atoms with van der Waals surface area (Å²) in [7, 11) is -4.74. The van der Waals surface area contributed by atoms with Gasteiger partial charge < -0.3 is 55.7 Å². The maximum Gasteiger partial charge on any atom is 0.469 e. The average Bonchev–Trinajstić information content (AvgIpc) is 2.99. The van der Waals surface area contributed by atoms with Gasteiger partial charge in [-0.05, 0) is 6.07 Å². The summed E-state index contributed by atoms with van der Waals surface area (Å²) in [6.45, 7) is -1.30. The standard InChI is InChI=1S/C9H14N3O8P.C6H12O5/c10-5-1-2-12(9(15)11-5)8-7(14)6(13)4(20-8)3-19-21(16,17)18;7-2-1-4(9)6(11)5(10)3-8/h1-2,4,6-8,13-14H,3H2,(H2,10,11,15)(H2,16,17,18);2,4-6,8-11H,1,3H2/t4-,6-,7-,8-;/m1./s1. The lowest BCUT2D eigenvalue weighted by atomic mass is 10.1. The van der Waals surface area contributed by atoms with E-state index in [1.54, 1.807) is 0 Å². The maximum atomic E-state index is 11.6. The molecule has 0 saturated carbocycles. The van der Waals surface area contributed by atoms with Gasteiger partial charge in [-0.2, -0.15) is 4.98 Å². The molecule has 32 heavy (non-hydrogen) atoms. The number of hydrogen-bond donors (Lipinski definition) is 9. The second kappa shape index (κ2) is 12.4. The van der Waals surface area contributed by atoms with Crippen LogP contribution in [0, 0.1) is 0 Å². The van der Waals surface area contributed by atoms with Crippen molar-refractivity contribution in [3.05, 3.63) is 22.7 Å². The normalized spacial score (nSPS) is 26.0. The molecule has 17 heteroatoms. The number of hydrogen-bond acceptors (Lipinski definition) is 13. The quantitative estimate of drug-likeness (QED) is 0.117.